The molecule has 1 spiro atoms. The first-order chi connectivity index (χ1) is 15.8. The Morgan fingerprint density at radius 2 is 1.82 bits per heavy atom. The number of hydrogen-bond donors (Lipinski definition) is 2. The van der Waals surface area contributed by atoms with Crippen molar-refractivity contribution in [3.63, 3.8) is 0 Å². The highest BCUT2D eigenvalue weighted by molar-refractivity contribution is 5.96. The van der Waals surface area contributed by atoms with Crippen molar-refractivity contribution in [3.05, 3.63) is 77.0 Å². The lowest BCUT2D eigenvalue weighted by atomic mass is 9.72. The van der Waals surface area contributed by atoms with Gasteiger partial charge in [-0.25, -0.2) is 14.8 Å². The average Bonchev–Trinajstić information content (AvgIpc) is 3.08. The molecule has 33 heavy (non-hydrogen) atoms. The van der Waals surface area contributed by atoms with Crippen LogP contribution in [0.1, 0.15) is 47.2 Å². The summed E-state index contributed by atoms with van der Waals surface area (Å²) in [6.45, 7) is 1.99. The van der Waals surface area contributed by atoms with Gasteiger partial charge < -0.3 is 15.1 Å². The highest BCUT2D eigenvalue weighted by Gasteiger charge is 2.53. The Kier molecular flexibility index (Phi) is 4.86. The molecule has 3 heterocycles. The Morgan fingerprint density at radius 3 is 2.52 bits per heavy atom. The van der Waals surface area contributed by atoms with Crippen LogP contribution in [0.5, 0.6) is 0 Å². The van der Waals surface area contributed by atoms with Gasteiger partial charge in [-0.3, -0.25) is 10.1 Å². The van der Waals surface area contributed by atoms with Gasteiger partial charge in [0.05, 0.1) is 0 Å². The molecular formula is C24H22N4O5. The SMILES string of the molecule is Cc1ccccc1-c1cnc(NC(=O)[C@]2(O)CC[C@@]3(CC2)OC(=O)c2c[n+]([O-])ccc23)nc1. The van der Waals surface area contributed by atoms with Crippen LogP contribution in [0.4, 0.5) is 5.95 Å². The summed E-state index contributed by atoms with van der Waals surface area (Å²) in [5.74, 6) is -1.06. The maximum Gasteiger partial charge on any atom is 0.345 e. The smallest absolute Gasteiger partial charge is 0.345 e. The van der Waals surface area contributed by atoms with E-state index in [4.69, 9.17) is 4.74 Å². The van der Waals surface area contributed by atoms with E-state index in [9.17, 15) is 19.9 Å². The number of aliphatic hydroxyl groups is 1. The minimum atomic E-state index is -1.65. The molecule has 2 N–H and O–H groups in total. The summed E-state index contributed by atoms with van der Waals surface area (Å²) in [6.07, 6.45) is 6.44. The van der Waals surface area contributed by atoms with Gasteiger partial charge in [-0.2, -0.15) is 4.73 Å². The van der Waals surface area contributed by atoms with Crippen LogP contribution in [0, 0.1) is 12.1 Å². The first-order valence-corrected chi connectivity index (χ1v) is 10.7. The first-order valence-electron chi connectivity index (χ1n) is 10.7. The summed E-state index contributed by atoms with van der Waals surface area (Å²) in [7, 11) is 0. The second-order valence-corrected chi connectivity index (χ2v) is 8.61. The lowest BCUT2D eigenvalue weighted by Gasteiger charge is -2.40. The largest absolute Gasteiger partial charge is 0.619 e. The van der Waals surface area contributed by atoms with E-state index in [0.29, 0.717) is 10.3 Å². The maximum absolute atomic E-state index is 12.9. The number of rotatable bonds is 3. The maximum atomic E-state index is 12.9. The molecule has 9 heteroatoms. The number of amides is 1. The van der Waals surface area contributed by atoms with Gasteiger partial charge in [0, 0.05) is 29.6 Å². The molecule has 1 saturated carbocycles. The van der Waals surface area contributed by atoms with Crippen LogP contribution >= 0.6 is 0 Å². The zero-order chi connectivity index (χ0) is 23.2. The summed E-state index contributed by atoms with van der Waals surface area (Å²) in [6, 6.07) is 9.42. The second-order valence-electron chi connectivity index (χ2n) is 8.61. The Balaban J connectivity index is 1.28. The molecule has 168 valence electrons. The zero-order valence-corrected chi connectivity index (χ0v) is 17.9. The van der Waals surface area contributed by atoms with Gasteiger partial charge in [-0.15, -0.1) is 0 Å². The van der Waals surface area contributed by atoms with E-state index in [2.05, 4.69) is 15.3 Å². The minimum absolute atomic E-state index is 0.0825. The number of benzene rings is 1. The van der Waals surface area contributed by atoms with E-state index in [1.807, 2.05) is 31.2 Å². The van der Waals surface area contributed by atoms with Crippen molar-refractivity contribution in [2.24, 2.45) is 0 Å². The molecule has 1 aliphatic carbocycles. The van der Waals surface area contributed by atoms with Crippen molar-refractivity contribution in [3.8, 4) is 11.1 Å². The lowest BCUT2D eigenvalue weighted by Crippen LogP contribution is -2.49. The molecule has 3 aromatic rings. The molecule has 0 radical (unpaired) electrons. The number of esters is 1. The van der Waals surface area contributed by atoms with Gasteiger partial charge >= 0.3 is 5.97 Å². The van der Waals surface area contributed by atoms with Crippen molar-refractivity contribution < 1.29 is 24.2 Å². The van der Waals surface area contributed by atoms with Gasteiger partial charge in [0.25, 0.3) is 5.91 Å². The number of pyridine rings is 1. The van der Waals surface area contributed by atoms with E-state index in [0.717, 1.165) is 16.7 Å². The molecule has 0 atom stereocenters. The molecule has 1 aromatic carbocycles. The van der Waals surface area contributed by atoms with E-state index in [-0.39, 0.29) is 37.2 Å². The predicted octanol–water partition coefficient (Wildman–Crippen LogP) is 2.39. The van der Waals surface area contributed by atoms with E-state index in [1.54, 1.807) is 18.5 Å². The fourth-order valence-electron chi connectivity index (χ4n) is 4.64. The summed E-state index contributed by atoms with van der Waals surface area (Å²) >= 11 is 0. The van der Waals surface area contributed by atoms with Crippen molar-refractivity contribution in [2.75, 3.05) is 5.32 Å². The molecule has 2 aromatic heterocycles. The number of nitrogens with zero attached hydrogens (tertiary/aromatic N) is 3. The Morgan fingerprint density at radius 1 is 1.12 bits per heavy atom. The number of aryl methyl sites for hydroxylation is 1. The minimum Gasteiger partial charge on any atom is -0.619 e. The zero-order valence-electron chi connectivity index (χ0n) is 17.9. The lowest BCUT2D eigenvalue weighted by molar-refractivity contribution is -0.605. The summed E-state index contributed by atoms with van der Waals surface area (Å²) in [4.78, 5) is 33.6. The van der Waals surface area contributed by atoms with Gasteiger partial charge in [-0.05, 0) is 43.7 Å². The molecular weight excluding hydrogens is 424 g/mol. The topological polar surface area (TPSA) is 128 Å². The molecule has 1 amide bonds. The molecule has 0 saturated heterocycles. The number of fused-ring (bicyclic) bond motifs is 2. The average molecular weight is 446 g/mol. The Labute approximate surface area is 189 Å². The summed E-state index contributed by atoms with van der Waals surface area (Å²) < 4.78 is 6.16. The monoisotopic (exact) mass is 446 g/mol. The van der Waals surface area contributed by atoms with Crippen molar-refractivity contribution in [1.82, 2.24) is 9.97 Å². The van der Waals surface area contributed by atoms with Gasteiger partial charge in [0.2, 0.25) is 5.95 Å². The van der Waals surface area contributed by atoms with Crippen LogP contribution in [0.3, 0.4) is 0 Å². The van der Waals surface area contributed by atoms with Crippen LogP contribution in [-0.4, -0.2) is 32.6 Å². The summed E-state index contributed by atoms with van der Waals surface area (Å²) in [5, 5.41) is 25.1. The molecule has 0 bridgehead atoms. The fourth-order valence-corrected chi connectivity index (χ4v) is 4.64. The van der Waals surface area contributed by atoms with E-state index < -0.39 is 23.1 Å². The number of carbonyl (C=O) groups is 2. The predicted molar refractivity (Wildman–Crippen MR) is 117 cm³/mol. The molecule has 1 aliphatic heterocycles. The van der Waals surface area contributed by atoms with Gasteiger partial charge in [0.1, 0.15) is 16.8 Å². The van der Waals surface area contributed by atoms with E-state index in [1.165, 1.54) is 12.4 Å². The fraction of sp³-hybridized carbons (Fsp3) is 0.292. The first kappa shape index (κ1) is 21.0. The van der Waals surface area contributed by atoms with Crippen molar-refractivity contribution in [1.29, 1.82) is 0 Å². The summed E-state index contributed by atoms with van der Waals surface area (Å²) in [5.41, 5.74) is 1.18. The number of carbonyl (C=O) groups excluding carboxylic acids is 2. The molecule has 9 nitrogen and oxygen atoms in total. The number of ether oxygens (including phenoxy) is 1. The number of hydrogen-bond acceptors (Lipinski definition) is 7. The molecule has 1 fully saturated rings. The highest BCUT2D eigenvalue weighted by atomic mass is 16.6. The van der Waals surface area contributed by atoms with Crippen LogP contribution < -0.4 is 10.0 Å². The molecule has 5 rings (SSSR count). The van der Waals surface area contributed by atoms with Crippen molar-refractivity contribution in [2.45, 2.75) is 43.8 Å². The number of anilines is 1. The quantitative estimate of drug-likeness (QED) is 0.359. The molecule has 0 unspecified atom stereocenters. The Hall–Kier alpha value is -3.85. The van der Waals surface area contributed by atoms with Crippen LogP contribution in [-0.2, 0) is 15.1 Å². The highest BCUT2D eigenvalue weighted by Crippen LogP contribution is 2.49. The van der Waals surface area contributed by atoms with Crippen LogP contribution in [0.15, 0.2) is 55.1 Å². The normalized spacial score (nSPS) is 23.8. The van der Waals surface area contributed by atoms with Crippen LogP contribution in [0.2, 0.25) is 0 Å². The molecule has 2 aliphatic rings. The third kappa shape index (κ3) is 3.60. The van der Waals surface area contributed by atoms with Crippen molar-refractivity contribution >= 4 is 17.8 Å². The standard InChI is InChI=1S/C24H22N4O5/c1-15-4-2-3-5-17(15)16-12-25-22(26-13-16)27-21(30)23(31)7-9-24(10-8-23)19-6-11-28(32)14-18(19)20(29)33-24/h2-6,11-14,31H,7-10H2,1H3,(H,25,26,27,30)/t23-,24-. The third-order valence-corrected chi connectivity index (χ3v) is 6.57. The number of aromatic nitrogens is 3. The van der Waals surface area contributed by atoms with Crippen LogP contribution in [0.25, 0.3) is 11.1 Å². The number of nitrogens with one attached hydrogen (secondary N) is 1. The third-order valence-electron chi connectivity index (χ3n) is 6.57. The van der Waals surface area contributed by atoms with E-state index >= 15 is 0 Å². The second kappa shape index (κ2) is 7.63. The van der Waals surface area contributed by atoms with Gasteiger partial charge in [-0.1, -0.05) is 24.3 Å². The van der Waals surface area contributed by atoms with Gasteiger partial charge in [0.15, 0.2) is 12.4 Å². The Bertz CT molecular complexity index is 1250.